The molecule has 0 aromatic heterocycles. The lowest BCUT2D eigenvalue weighted by molar-refractivity contribution is 0.0697. The predicted molar refractivity (Wildman–Crippen MR) is 113 cm³/mol. The standard InChI is InChI=1S/C25H21NO3/c27-25(28)17-11-9-16(10-12-17)24-21-8-4-7-20(21)22-15-19(13-14-23(22)26-24)29-18-5-2-1-3-6-18/h1-7,9-15,20-21,24,26H,8H2,(H,27,28)/t20-,21-,24+/m1/s1. The number of fused-ring (bicyclic) bond motifs is 3. The van der Waals surface area contributed by atoms with Crippen LogP contribution in [0.4, 0.5) is 5.69 Å². The average Bonchev–Trinajstić information content (AvgIpc) is 3.24. The topological polar surface area (TPSA) is 58.6 Å². The lowest BCUT2D eigenvalue weighted by Gasteiger charge is -2.37. The van der Waals surface area contributed by atoms with Crippen LogP contribution in [0.5, 0.6) is 11.5 Å². The van der Waals surface area contributed by atoms with Crippen LogP contribution < -0.4 is 10.1 Å². The summed E-state index contributed by atoms with van der Waals surface area (Å²) < 4.78 is 6.03. The Labute approximate surface area is 169 Å². The molecule has 0 fully saturated rings. The second-order valence-corrected chi connectivity index (χ2v) is 7.57. The summed E-state index contributed by atoms with van der Waals surface area (Å²) in [6, 6.07) is 23.4. The van der Waals surface area contributed by atoms with E-state index in [4.69, 9.17) is 9.84 Å². The Kier molecular flexibility index (Phi) is 4.32. The Hall–Kier alpha value is -3.53. The van der Waals surface area contributed by atoms with Crippen LogP contribution in [0.15, 0.2) is 84.9 Å². The smallest absolute Gasteiger partial charge is 0.335 e. The molecular formula is C25H21NO3. The minimum atomic E-state index is -0.898. The fourth-order valence-corrected chi connectivity index (χ4v) is 4.42. The molecule has 4 nitrogen and oxygen atoms in total. The van der Waals surface area contributed by atoms with E-state index in [1.807, 2.05) is 48.5 Å². The third-order valence-electron chi connectivity index (χ3n) is 5.83. The summed E-state index contributed by atoms with van der Waals surface area (Å²) in [5, 5.41) is 12.8. The summed E-state index contributed by atoms with van der Waals surface area (Å²) in [6.45, 7) is 0. The van der Waals surface area contributed by atoms with Crippen LogP contribution in [-0.2, 0) is 0 Å². The van der Waals surface area contributed by atoms with Gasteiger partial charge in [-0.1, -0.05) is 42.5 Å². The second kappa shape index (κ2) is 7.13. The first kappa shape index (κ1) is 17.6. The minimum absolute atomic E-state index is 0.145. The monoisotopic (exact) mass is 383 g/mol. The van der Waals surface area contributed by atoms with E-state index in [1.165, 1.54) is 5.56 Å². The third kappa shape index (κ3) is 3.27. The van der Waals surface area contributed by atoms with E-state index in [9.17, 15) is 4.79 Å². The van der Waals surface area contributed by atoms with E-state index in [2.05, 4.69) is 29.6 Å². The number of anilines is 1. The molecule has 1 aliphatic carbocycles. The number of nitrogens with one attached hydrogen (secondary N) is 1. The molecule has 0 bridgehead atoms. The van der Waals surface area contributed by atoms with Crippen LogP contribution in [0.1, 0.15) is 39.9 Å². The molecule has 2 N–H and O–H groups in total. The SMILES string of the molecule is O=C(O)c1ccc([C@@H]2Nc3ccc(Oc4ccccc4)cc3[C@@H]3C=CC[C@H]32)cc1. The average molecular weight is 383 g/mol. The first-order valence-corrected chi connectivity index (χ1v) is 9.82. The number of carboxylic acids is 1. The van der Waals surface area contributed by atoms with Crippen LogP contribution in [0.3, 0.4) is 0 Å². The predicted octanol–water partition coefficient (Wildman–Crippen LogP) is 6.00. The van der Waals surface area contributed by atoms with Crippen LogP contribution in [0.25, 0.3) is 0 Å². The number of hydrogen-bond donors (Lipinski definition) is 2. The second-order valence-electron chi connectivity index (χ2n) is 7.57. The van der Waals surface area contributed by atoms with Crippen molar-refractivity contribution in [2.45, 2.75) is 18.4 Å². The van der Waals surface area contributed by atoms with Gasteiger partial charge in [-0.25, -0.2) is 4.79 Å². The molecule has 5 rings (SSSR count). The Morgan fingerprint density at radius 1 is 0.966 bits per heavy atom. The highest BCUT2D eigenvalue weighted by molar-refractivity contribution is 5.87. The maximum atomic E-state index is 11.2. The number of allylic oxidation sites excluding steroid dienone is 2. The highest BCUT2D eigenvalue weighted by atomic mass is 16.5. The van der Waals surface area contributed by atoms with Crippen LogP contribution in [-0.4, -0.2) is 11.1 Å². The highest BCUT2D eigenvalue weighted by Crippen LogP contribution is 2.50. The Morgan fingerprint density at radius 2 is 1.76 bits per heavy atom. The van der Waals surface area contributed by atoms with Crippen molar-refractivity contribution in [3.63, 3.8) is 0 Å². The Morgan fingerprint density at radius 3 is 2.52 bits per heavy atom. The quantitative estimate of drug-likeness (QED) is 0.542. The van der Waals surface area contributed by atoms with Crippen molar-refractivity contribution < 1.29 is 14.6 Å². The van der Waals surface area contributed by atoms with Gasteiger partial charge in [0.2, 0.25) is 0 Å². The van der Waals surface area contributed by atoms with Gasteiger partial charge in [0.25, 0.3) is 0 Å². The summed E-state index contributed by atoms with van der Waals surface area (Å²) in [5.41, 5.74) is 3.78. The first-order chi connectivity index (χ1) is 14.2. The molecule has 0 saturated heterocycles. The van der Waals surface area contributed by atoms with E-state index < -0.39 is 5.97 Å². The van der Waals surface area contributed by atoms with E-state index in [0.717, 1.165) is 29.2 Å². The Balaban J connectivity index is 1.46. The number of carboxylic acid groups (broad SMARTS) is 1. The van der Waals surface area contributed by atoms with Crippen molar-refractivity contribution in [1.29, 1.82) is 0 Å². The number of para-hydroxylation sites is 1. The molecule has 0 saturated carbocycles. The molecule has 0 radical (unpaired) electrons. The van der Waals surface area contributed by atoms with Gasteiger partial charge in [0.15, 0.2) is 0 Å². The maximum Gasteiger partial charge on any atom is 0.335 e. The van der Waals surface area contributed by atoms with Gasteiger partial charge in [-0.3, -0.25) is 0 Å². The zero-order chi connectivity index (χ0) is 19.8. The van der Waals surface area contributed by atoms with Gasteiger partial charge in [0, 0.05) is 11.6 Å². The largest absolute Gasteiger partial charge is 0.478 e. The normalized spacial score (nSPS) is 21.7. The molecule has 3 aromatic carbocycles. The zero-order valence-electron chi connectivity index (χ0n) is 15.8. The maximum absolute atomic E-state index is 11.2. The molecular weight excluding hydrogens is 362 g/mol. The van der Waals surface area contributed by atoms with E-state index in [0.29, 0.717) is 17.4 Å². The van der Waals surface area contributed by atoms with Gasteiger partial charge in [0.1, 0.15) is 11.5 Å². The first-order valence-electron chi connectivity index (χ1n) is 9.82. The van der Waals surface area contributed by atoms with Gasteiger partial charge in [0.05, 0.1) is 11.6 Å². The molecule has 0 unspecified atom stereocenters. The zero-order valence-corrected chi connectivity index (χ0v) is 15.8. The molecule has 2 aliphatic rings. The van der Waals surface area contributed by atoms with Gasteiger partial charge in [-0.15, -0.1) is 0 Å². The van der Waals surface area contributed by atoms with Crippen LogP contribution in [0, 0.1) is 5.92 Å². The number of ether oxygens (including phenoxy) is 1. The fourth-order valence-electron chi connectivity index (χ4n) is 4.42. The van der Waals surface area contributed by atoms with E-state index >= 15 is 0 Å². The molecule has 1 aliphatic heterocycles. The lowest BCUT2D eigenvalue weighted by Crippen LogP contribution is -2.29. The van der Waals surface area contributed by atoms with Crippen LogP contribution in [0.2, 0.25) is 0 Å². The summed E-state index contributed by atoms with van der Waals surface area (Å²) in [5.74, 6) is 1.47. The molecule has 4 heteroatoms. The molecule has 29 heavy (non-hydrogen) atoms. The van der Waals surface area contributed by atoms with Gasteiger partial charge in [-0.05, 0) is 65.9 Å². The van der Waals surface area contributed by atoms with E-state index in [1.54, 1.807) is 12.1 Å². The highest BCUT2D eigenvalue weighted by Gasteiger charge is 2.38. The summed E-state index contributed by atoms with van der Waals surface area (Å²) >= 11 is 0. The number of benzene rings is 3. The molecule has 0 amide bonds. The van der Waals surface area contributed by atoms with E-state index in [-0.39, 0.29) is 6.04 Å². The van der Waals surface area contributed by atoms with Crippen LogP contribution >= 0.6 is 0 Å². The molecule has 1 heterocycles. The lowest BCUT2D eigenvalue weighted by atomic mass is 9.77. The number of carbonyl (C=O) groups is 1. The van der Waals surface area contributed by atoms with Crippen molar-refractivity contribution in [2.24, 2.45) is 5.92 Å². The third-order valence-corrected chi connectivity index (χ3v) is 5.83. The number of aromatic carboxylic acids is 1. The summed E-state index contributed by atoms with van der Waals surface area (Å²) in [6.07, 6.45) is 5.52. The molecule has 3 aromatic rings. The van der Waals surface area contributed by atoms with Crippen molar-refractivity contribution in [1.82, 2.24) is 0 Å². The minimum Gasteiger partial charge on any atom is -0.478 e. The van der Waals surface area contributed by atoms with Gasteiger partial charge < -0.3 is 15.2 Å². The molecule has 0 spiro atoms. The molecule has 144 valence electrons. The van der Waals surface area contributed by atoms with Gasteiger partial charge in [-0.2, -0.15) is 0 Å². The number of rotatable bonds is 4. The van der Waals surface area contributed by atoms with Crippen molar-refractivity contribution in [2.75, 3.05) is 5.32 Å². The fraction of sp³-hybridized carbons (Fsp3) is 0.160. The summed E-state index contributed by atoms with van der Waals surface area (Å²) in [4.78, 5) is 11.2. The number of hydrogen-bond acceptors (Lipinski definition) is 3. The van der Waals surface area contributed by atoms with Crippen molar-refractivity contribution in [3.8, 4) is 11.5 Å². The Bertz CT molecular complexity index is 1070. The van der Waals surface area contributed by atoms with Gasteiger partial charge >= 0.3 is 5.97 Å². The molecule has 3 atom stereocenters. The van der Waals surface area contributed by atoms with Crippen molar-refractivity contribution in [3.05, 3.63) is 102 Å². The van der Waals surface area contributed by atoms with Crippen molar-refractivity contribution >= 4 is 11.7 Å². The summed E-state index contributed by atoms with van der Waals surface area (Å²) in [7, 11) is 0.